The van der Waals surface area contributed by atoms with Crippen LogP contribution in [0.2, 0.25) is 0 Å². The number of thioether (sulfide) groups is 1. The fourth-order valence-corrected chi connectivity index (χ4v) is 3.57. The number of anilines is 1. The van der Waals surface area contributed by atoms with Gasteiger partial charge in [0.2, 0.25) is 0 Å². The van der Waals surface area contributed by atoms with Crippen molar-refractivity contribution in [2.24, 2.45) is 5.92 Å². The number of hydrogen-bond donors (Lipinski definition) is 1. The van der Waals surface area contributed by atoms with Gasteiger partial charge in [0.25, 0.3) is 0 Å². The van der Waals surface area contributed by atoms with E-state index in [2.05, 4.69) is 42.4 Å². The summed E-state index contributed by atoms with van der Waals surface area (Å²) in [5.74, 6) is 1.68. The standard InChI is InChI=1S/C16H23N3S/c1-3-20-16-8-4-7-15(14(16)10-17)19(2)12-13-6-5-9-18-11-13/h4,7-8,13,18H,3,5-6,9,11-12H2,1-2H3. The van der Waals surface area contributed by atoms with Gasteiger partial charge in [-0.2, -0.15) is 5.26 Å². The summed E-state index contributed by atoms with van der Waals surface area (Å²) in [6, 6.07) is 8.56. The first-order valence-electron chi connectivity index (χ1n) is 7.34. The molecule has 1 atom stereocenters. The molecule has 1 aliphatic heterocycles. The summed E-state index contributed by atoms with van der Waals surface area (Å²) in [6.45, 7) is 5.37. The third kappa shape index (κ3) is 3.68. The summed E-state index contributed by atoms with van der Waals surface area (Å²) >= 11 is 1.74. The average molecular weight is 289 g/mol. The topological polar surface area (TPSA) is 39.1 Å². The molecule has 0 amide bonds. The lowest BCUT2D eigenvalue weighted by atomic mass is 9.99. The van der Waals surface area contributed by atoms with Crippen molar-refractivity contribution >= 4 is 17.4 Å². The van der Waals surface area contributed by atoms with Crippen molar-refractivity contribution in [3.05, 3.63) is 23.8 Å². The summed E-state index contributed by atoms with van der Waals surface area (Å²) in [4.78, 5) is 3.34. The van der Waals surface area contributed by atoms with Gasteiger partial charge in [-0.15, -0.1) is 11.8 Å². The van der Waals surface area contributed by atoms with Gasteiger partial charge in [0, 0.05) is 18.5 Å². The van der Waals surface area contributed by atoms with Crippen LogP contribution in [-0.4, -0.2) is 32.4 Å². The first-order chi connectivity index (χ1) is 9.76. The van der Waals surface area contributed by atoms with Crippen molar-refractivity contribution in [1.29, 1.82) is 5.26 Å². The van der Waals surface area contributed by atoms with Crippen molar-refractivity contribution in [1.82, 2.24) is 5.32 Å². The molecule has 0 radical (unpaired) electrons. The molecule has 1 saturated heterocycles. The molecule has 1 aromatic carbocycles. The number of benzene rings is 1. The van der Waals surface area contributed by atoms with E-state index in [0.717, 1.165) is 41.5 Å². The summed E-state index contributed by atoms with van der Waals surface area (Å²) < 4.78 is 0. The Kier molecular flexibility index (Phi) is 5.75. The lowest BCUT2D eigenvalue weighted by Gasteiger charge is -2.29. The van der Waals surface area contributed by atoms with Crippen LogP contribution in [0.3, 0.4) is 0 Å². The number of rotatable bonds is 5. The summed E-state index contributed by atoms with van der Waals surface area (Å²) in [7, 11) is 2.10. The predicted octanol–water partition coefficient (Wildman–Crippen LogP) is 3.11. The first kappa shape index (κ1) is 15.2. The van der Waals surface area contributed by atoms with Crippen molar-refractivity contribution in [3.63, 3.8) is 0 Å². The molecule has 1 heterocycles. The Morgan fingerprint density at radius 2 is 2.35 bits per heavy atom. The van der Waals surface area contributed by atoms with Gasteiger partial charge in [-0.3, -0.25) is 0 Å². The van der Waals surface area contributed by atoms with Gasteiger partial charge in [-0.05, 0) is 49.7 Å². The van der Waals surface area contributed by atoms with E-state index < -0.39 is 0 Å². The highest BCUT2D eigenvalue weighted by molar-refractivity contribution is 7.99. The van der Waals surface area contributed by atoms with E-state index in [0.29, 0.717) is 5.92 Å². The van der Waals surface area contributed by atoms with Crippen LogP contribution in [0.4, 0.5) is 5.69 Å². The van der Waals surface area contributed by atoms with E-state index in [9.17, 15) is 5.26 Å². The van der Waals surface area contributed by atoms with Gasteiger partial charge in [0.1, 0.15) is 6.07 Å². The smallest absolute Gasteiger partial charge is 0.103 e. The van der Waals surface area contributed by atoms with Crippen LogP contribution in [0.15, 0.2) is 23.1 Å². The Balaban J connectivity index is 2.14. The minimum absolute atomic E-state index is 0.683. The molecule has 1 aliphatic rings. The normalized spacial score (nSPS) is 18.6. The zero-order valence-electron chi connectivity index (χ0n) is 12.4. The van der Waals surface area contributed by atoms with Gasteiger partial charge in [-0.25, -0.2) is 0 Å². The SMILES string of the molecule is CCSc1cccc(N(C)CC2CCCNC2)c1C#N. The quantitative estimate of drug-likeness (QED) is 0.845. The molecular weight excluding hydrogens is 266 g/mol. The van der Waals surface area contributed by atoms with Crippen LogP contribution in [-0.2, 0) is 0 Å². The molecular formula is C16H23N3S. The molecule has 0 spiro atoms. The molecule has 1 fully saturated rings. The van der Waals surface area contributed by atoms with E-state index in [1.165, 1.54) is 12.8 Å². The molecule has 0 aromatic heterocycles. The molecule has 0 aliphatic carbocycles. The van der Waals surface area contributed by atoms with E-state index in [4.69, 9.17) is 0 Å². The van der Waals surface area contributed by atoms with Crippen molar-refractivity contribution in [2.45, 2.75) is 24.7 Å². The van der Waals surface area contributed by atoms with Crippen LogP contribution in [0.1, 0.15) is 25.3 Å². The number of nitrogens with zero attached hydrogens (tertiary/aromatic N) is 2. The minimum atomic E-state index is 0.683. The molecule has 2 rings (SSSR count). The third-order valence-electron chi connectivity index (χ3n) is 3.76. The molecule has 1 aromatic rings. The molecule has 20 heavy (non-hydrogen) atoms. The van der Waals surface area contributed by atoms with Crippen LogP contribution < -0.4 is 10.2 Å². The summed E-state index contributed by atoms with van der Waals surface area (Å²) in [5.41, 5.74) is 1.89. The molecule has 0 bridgehead atoms. The second-order valence-electron chi connectivity index (χ2n) is 5.29. The van der Waals surface area contributed by atoms with Crippen molar-refractivity contribution < 1.29 is 0 Å². The lowest BCUT2D eigenvalue weighted by molar-refractivity contribution is 0.381. The van der Waals surface area contributed by atoms with Crippen molar-refractivity contribution in [2.75, 3.05) is 37.3 Å². The zero-order valence-corrected chi connectivity index (χ0v) is 13.2. The number of nitrogens with one attached hydrogen (secondary N) is 1. The molecule has 3 nitrogen and oxygen atoms in total. The summed E-state index contributed by atoms with van der Waals surface area (Å²) in [6.07, 6.45) is 2.54. The van der Waals surface area contributed by atoms with Gasteiger partial charge >= 0.3 is 0 Å². The number of nitriles is 1. The van der Waals surface area contributed by atoms with Crippen LogP contribution in [0, 0.1) is 17.2 Å². The fraction of sp³-hybridized carbons (Fsp3) is 0.562. The van der Waals surface area contributed by atoms with Crippen LogP contribution in [0.25, 0.3) is 0 Å². The highest BCUT2D eigenvalue weighted by atomic mass is 32.2. The lowest BCUT2D eigenvalue weighted by Crippen LogP contribution is -2.37. The van der Waals surface area contributed by atoms with Crippen LogP contribution >= 0.6 is 11.8 Å². The van der Waals surface area contributed by atoms with E-state index in [1.807, 2.05) is 6.07 Å². The Labute approximate surface area is 126 Å². The van der Waals surface area contributed by atoms with Gasteiger partial charge in [0.05, 0.1) is 11.3 Å². The minimum Gasteiger partial charge on any atom is -0.373 e. The highest BCUT2D eigenvalue weighted by Crippen LogP contribution is 2.30. The van der Waals surface area contributed by atoms with Crippen molar-refractivity contribution in [3.8, 4) is 6.07 Å². The Morgan fingerprint density at radius 3 is 3.00 bits per heavy atom. The number of hydrogen-bond acceptors (Lipinski definition) is 4. The third-order valence-corrected chi connectivity index (χ3v) is 4.70. The maximum absolute atomic E-state index is 9.48. The molecule has 0 saturated carbocycles. The largest absolute Gasteiger partial charge is 0.373 e. The second kappa shape index (κ2) is 7.56. The fourth-order valence-electron chi connectivity index (χ4n) is 2.79. The molecule has 108 valence electrons. The van der Waals surface area contributed by atoms with E-state index >= 15 is 0 Å². The maximum atomic E-state index is 9.48. The van der Waals surface area contributed by atoms with Gasteiger partial charge in [-0.1, -0.05) is 13.0 Å². The van der Waals surface area contributed by atoms with Gasteiger partial charge < -0.3 is 10.2 Å². The monoisotopic (exact) mass is 289 g/mol. The second-order valence-corrected chi connectivity index (χ2v) is 6.59. The molecule has 4 heteroatoms. The maximum Gasteiger partial charge on any atom is 0.103 e. The predicted molar refractivity (Wildman–Crippen MR) is 86.4 cm³/mol. The Morgan fingerprint density at radius 1 is 1.50 bits per heavy atom. The highest BCUT2D eigenvalue weighted by Gasteiger charge is 2.18. The Hall–Kier alpha value is -1.18. The first-order valence-corrected chi connectivity index (χ1v) is 8.32. The number of piperidine rings is 1. The summed E-state index contributed by atoms with van der Waals surface area (Å²) in [5, 5.41) is 12.9. The van der Waals surface area contributed by atoms with Gasteiger partial charge in [0.15, 0.2) is 0 Å². The molecule has 1 N–H and O–H groups in total. The van der Waals surface area contributed by atoms with Crippen LogP contribution in [0.5, 0.6) is 0 Å². The van der Waals surface area contributed by atoms with E-state index in [-0.39, 0.29) is 0 Å². The van der Waals surface area contributed by atoms with E-state index in [1.54, 1.807) is 11.8 Å². The Bertz CT molecular complexity index is 475. The molecule has 1 unspecified atom stereocenters. The average Bonchev–Trinajstić information content (AvgIpc) is 2.48. The zero-order chi connectivity index (χ0) is 14.4.